The van der Waals surface area contributed by atoms with Crippen LogP contribution in [0.25, 0.3) is 0 Å². The van der Waals surface area contributed by atoms with Gasteiger partial charge in [-0.2, -0.15) is 11.8 Å². The molecule has 88 valence electrons. The molecule has 3 heteroatoms. The number of aryl methyl sites for hydroxylation is 1. The van der Waals surface area contributed by atoms with Crippen LogP contribution in [0.1, 0.15) is 18.4 Å². The van der Waals surface area contributed by atoms with Crippen LogP contribution in [0.4, 0.5) is 5.69 Å². The van der Waals surface area contributed by atoms with Crippen LogP contribution in [0.5, 0.6) is 5.75 Å². The van der Waals surface area contributed by atoms with Crippen molar-refractivity contribution < 1.29 is 4.74 Å². The minimum Gasteiger partial charge on any atom is -0.496 e. The van der Waals surface area contributed by atoms with E-state index in [2.05, 4.69) is 36.1 Å². The van der Waals surface area contributed by atoms with Gasteiger partial charge in [-0.15, -0.1) is 0 Å². The maximum absolute atomic E-state index is 5.26. The van der Waals surface area contributed by atoms with Gasteiger partial charge in [0.05, 0.1) is 7.11 Å². The molecule has 0 saturated carbocycles. The molecule has 1 N–H and O–H groups in total. The topological polar surface area (TPSA) is 21.3 Å². The second-order valence-corrected chi connectivity index (χ2v) is 5.44. The van der Waals surface area contributed by atoms with Crippen LogP contribution in [0, 0.1) is 6.92 Å². The highest BCUT2D eigenvalue weighted by Gasteiger charge is 2.13. The van der Waals surface area contributed by atoms with Crippen molar-refractivity contribution in [1.82, 2.24) is 0 Å². The highest BCUT2D eigenvalue weighted by Crippen LogP contribution is 2.25. The number of hydrogen-bond donors (Lipinski definition) is 1. The number of anilines is 1. The Morgan fingerprint density at radius 1 is 1.31 bits per heavy atom. The third-order valence-electron chi connectivity index (χ3n) is 2.99. The van der Waals surface area contributed by atoms with E-state index in [0.717, 1.165) is 5.75 Å². The van der Waals surface area contributed by atoms with Crippen molar-refractivity contribution >= 4 is 17.4 Å². The Morgan fingerprint density at radius 3 is 2.69 bits per heavy atom. The van der Waals surface area contributed by atoms with E-state index in [1.54, 1.807) is 7.11 Å². The van der Waals surface area contributed by atoms with Crippen LogP contribution in [0.15, 0.2) is 18.2 Å². The number of methoxy groups -OCH3 is 1. The average Bonchev–Trinajstić information content (AvgIpc) is 2.31. The zero-order valence-corrected chi connectivity index (χ0v) is 10.8. The van der Waals surface area contributed by atoms with Gasteiger partial charge in [-0.05, 0) is 55.0 Å². The fourth-order valence-corrected chi connectivity index (χ4v) is 3.15. The predicted molar refractivity (Wildman–Crippen MR) is 71.7 cm³/mol. The van der Waals surface area contributed by atoms with Crippen molar-refractivity contribution in [3.05, 3.63) is 23.8 Å². The third kappa shape index (κ3) is 2.85. The molecule has 1 aromatic carbocycles. The lowest BCUT2D eigenvalue weighted by Crippen LogP contribution is -2.24. The number of benzene rings is 1. The minimum absolute atomic E-state index is 0.647. The summed E-state index contributed by atoms with van der Waals surface area (Å²) in [6.45, 7) is 2.08. The maximum atomic E-state index is 5.26. The Hall–Kier alpha value is -0.830. The number of rotatable bonds is 3. The monoisotopic (exact) mass is 237 g/mol. The average molecular weight is 237 g/mol. The van der Waals surface area contributed by atoms with Crippen molar-refractivity contribution in [3.8, 4) is 5.75 Å². The SMILES string of the molecule is COc1ccc(NC2CCSCC2)cc1C. The van der Waals surface area contributed by atoms with Gasteiger partial charge in [0, 0.05) is 11.7 Å². The summed E-state index contributed by atoms with van der Waals surface area (Å²) < 4.78 is 5.26. The van der Waals surface area contributed by atoms with Crippen molar-refractivity contribution in [2.45, 2.75) is 25.8 Å². The van der Waals surface area contributed by atoms with Gasteiger partial charge >= 0.3 is 0 Å². The molecule has 0 atom stereocenters. The van der Waals surface area contributed by atoms with E-state index in [1.165, 1.54) is 35.6 Å². The maximum Gasteiger partial charge on any atom is 0.121 e. The zero-order valence-electron chi connectivity index (χ0n) is 9.95. The predicted octanol–water partition coefficient (Wildman–Crippen LogP) is 3.31. The molecule has 1 fully saturated rings. The fraction of sp³-hybridized carbons (Fsp3) is 0.538. The van der Waals surface area contributed by atoms with Crippen LogP contribution in [-0.2, 0) is 0 Å². The Balaban J connectivity index is 2.01. The molecule has 2 nitrogen and oxygen atoms in total. The van der Waals surface area contributed by atoms with Gasteiger partial charge < -0.3 is 10.1 Å². The van der Waals surface area contributed by atoms with Crippen LogP contribution in [0.2, 0.25) is 0 Å². The van der Waals surface area contributed by atoms with E-state index >= 15 is 0 Å². The summed E-state index contributed by atoms with van der Waals surface area (Å²) in [5.74, 6) is 3.53. The van der Waals surface area contributed by atoms with Crippen LogP contribution < -0.4 is 10.1 Å². The van der Waals surface area contributed by atoms with E-state index in [4.69, 9.17) is 4.74 Å². The normalized spacial score (nSPS) is 17.1. The van der Waals surface area contributed by atoms with Crippen molar-refractivity contribution in [2.24, 2.45) is 0 Å². The van der Waals surface area contributed by atoms with Gasteiger partial charge in [0.2, 0.25) is 0 Å². The molecule has 0 unspecified atom stereocenters. The first-order chi connectivity index (χ1) is 7.79. The summed E-state index contributed by atoms with van der Waals surface area (Å²) in [6.07, 6.45) is 2.55. The second kappa shape index (κ2) is 5.48. The van der Waals surface area contributed by atoms with Crippen molar-refractivity contribution in [2.75, 3.05) is 23.9 Å². The van der Waals surface area contributed by atoms with E-state index < -0.39 is 0 Å². The zero-order chi connectivity index (χ0) is 11.4. The Kier molecular flexibility index (Phi) is 3.99. The number of ether oxygens (including phenoxy) is 1. The second-order valence-electron chi connectivity index (χ2n) is 4.22. The van der Waals surface area contributed by atoms with Gasteiger partial charge in [0.15, 0.2) is 0 Å². The summed E-state index contributed by atoms with van der Waals surface area (Å²) >= 11 is 2.06. The third-order valence-corrected chi connectivity index (χ3v) is 4.04. The first-order valence-electron chi connectivity index (χ1n) is 5.78. The quantitative estimate of drug-likeness (QED) is 0.871. The minimum atomic E-state index is 0.647. The summed E-state index contributed by atoms with van der Waals surface area (Å²) in [6, 6.07) is 6.96. The Labute approximate surface area is 102 Å². The van der Waals surface area contributed by atoms with Crippen LogP contribution in [-0.4, -0.2) is 24.7 Å². The number of nitrogens with one attached hydrogen (secondary N) is 1. The lowest BCUT2D eigenvalue weighted by atomic mass is 10.1. The highest BCUT2D eigenvalue weighted by molar-refractivity contribution is 7.99. The summed E-state index contributed by atoms with van der Waals surface area (Å²) in [5, 5.41) is 3.60. The first-order valence-corrected chi connectivity index (χ1v) is 6.94. The molecule has 1 aromatic rings. The first kappa shape index (κ1) is 11.6. The largest absolute Gasteiger partial charge is 0.496 e. The number of hydrogen-bond acceptors (Lipinski definition) is 3. The smallest absolute Gasteiger partial charge is 0.121 e. The van der Waals surface area contributed by atoms with E-state index in [-0.39, 0.29) is 0 Å². The van der Waals surface area contributed by atoms with Crippen LogP contribution >= 0.6 is 11.8 Å². The van der Waals surface area contributed by atoms with Crippen molar-refractivity contribution in [3.63, 3.8) is 0 Å². The molecule has 1 aliphatic rings. The van der Waals surface area contributed by atoms with Crippen molar-refractivity contribution in [1.29, 1.82) is 0 Å². The molecule has 0 spiro atoms. The molecule has 2 rings (SSSR count). The van der Waals surface area contributed by atoms with E-state index in [1.807, 2.05) is 6.07 Å². The highest BCUT2D eigenvalue weighted by atomic mass is 32.2. The van der Waals surface area contributed by atoms with Gasteiger partial charge in [-0.1, -0.05) is 0 Å². The molecule has 0 aliphatic carbocycles. The molecule has 1 heterocycles. The molecular formula is C13H19NOS. The molecule has 0 amide bonds. The van der Waals surface area contributed by atoms with Gasteiger partial charge in [0.1, 0.15) is 5.75 Å². The number of thioether (sulfide) groups is 1. The molecule has 1 aliphatic heterocycles. The lowest BCUT2D eigenvalue weighted by molar-refractivity contribution is 0.412. The van der Waals surface area contributed by atoms with Gasteiger partial charge in [0.25, 0.3) is 0 Å². The van der Waals surface area contributed by atoms with E-state index in [0.29, 0.717) is 6.04 Å². The fourth-order valence-electron chi connectivity index (χ4n) is 2.05. The molecule has 0 radical (unpaired) electrons. The molecular weight excluding hydrogens is 218 g/mol. The summed E-state index contributed by atoms with van der Waals surface area (Å²) in [5.41, 5.74) is 2.41. The molecule has 0 bridgehead atoms. The van der Waals surface area contributed by atoms with Gasteiger partial charge in [-0.25, -0.2) is 0 Å². The lowest BCUT2D eigenvalue weighted by Gasteiger charge is -2.24. The van der Waals surface area contributed by atoms with Crippen LogP contribution in [0.3, 0.4) is 0 Å². The van der Waals surface area contributed by atoms with Gasteiger partial charge in [-0.3, -0.25) is 0 Å². The molecule has 1 saturated heterocycles. The summed E-state index contributed by atoms with van der Waals surface area (Å²) in [4.78, 5) is 0. The molecule has 0 aromatic heterocycles. The molecule has 16 heavy (non-hydrogen) atoms. The Morgan fingerprint density at radius 2 is 2.06 bits per heavy atom. The standard InChI is InChI=1S/C13H19NOS/c1-10-9-12(3-4-13(10)15-2)14-11-5-7-16-8-6-11/h3-4,9,11,14H,5-8H2,1-2H3. The van der Waals surface area contributed by atoms with E-state index in [9.17, 15) is 0 Å². The summed E-state index contributed by atoms with van der Waals surface area (Å²) in [7, 11) is 1.72. The Bertz CT molecular complexity index is 348.